The highest BCUT2D eigenvalue weighted by atomic mass is 127. The fraction of sp³-hybridized carbons (Fsp3) is 0.167. The zero-order valence-electron chi connectivity index (χ0n) is 10.3. The zero-order valence-corrected chi connectivity index (χ0v) is 12.5. The van der Waals surface area contributed by atoms with Gasteiger partial charge in [-0.15, -0.1) is 0 Å². The summed E-state index contributed by atoms with van der Waals surface area (Å²) in [7, 11) is 0. The van der Waals surface area contributed by atoms with Gasteiger partial charge in [0.25, 0.3) is 0 Å². The van der Waals surface area contributed by atoms with Crippen LogP contribution < -0.4 is 5.73 Å². The Morgan fingerprint density at radius 2 is 2.05 bits per heavy atom. The van der Waals surface area contributed by atoms with Crippen LogP contribution in [-0.4, -0.2) is 15.9 Å². The third-order valence-electron chi connectivity index (χ3n) is 2.41. The molecule has 20 heavy (non-hydrogen) atoms. The van der Waals surface area contributed by atoms with E-state index in [9.17, 15) is 13.2 Å². The van der Waals surface area contributed by atoms with Gasteiger partial charge in [0, 0.05) is 3.57 Å². The number of rotatable bonds is 2. The van der Waals surface area contributed by atoms with Gasteiger partial charge in [0.2, 0.25) is 5.95 Å². The normalized spacial score (nSPS) is 12.2. The van der Waals surface area contributed by atoms with E-state index in [4.69, 9.17) is 5.73 Å². The Morgan fingerprint density at radius 1 is 1.35 bits per heavy atom. The quantitative estimate of drug-likeness (QED) is 0.628. The lowest BCUT2D eigenvalue weighted by molar-refractivity contribution is -0.137. The van der Waals surface area contributed by atoms with Gasteiger partial charge in [-0.05, 0) is 53.3 Å². The van der Waals surface area contributed by atoms with Gasteiger partial charge >= 0.3 is 6.18 Å². The molecule has 1 heterocycles. The lowest BCUT2D eigenvalue weighted by Gasteiger charge is -2.08. The number of aromatic nitrogens is 2. The second-order valence-electron chi connectivity index (χ2n) is 4.10. The molecular formula is C12H10F3IN4. The molecule has 0 aliphatic carbocycles. The van der Waals surface area contributed by atoms with E-state index in [1.165, 1.54) is 10.9 Å². The van der Waals surface area contributed by atoms with Crippen molar-refractivity contribution in [2.45, 2.75) is 13.1 Å². The summed E-state index contributed by atoms with van der Waals surface area (Å²) in [6.07, 6.45) is -1.48. The van der Waals surface area contributed by atoms with E-state index in [-0.39, 0.29) is 5.95 Å². The first-order valence-corrected chi connectivity index (χ1v) is 6.57. The van der Waals surface area contributed by atoms with E-state index >= 15 is 0 Å². The highest BCUT2D eigenvalue weighted by Gasteiger charge is 2.30. The van der Waals surface area contributed by atoms with Gasteiger partial charge in [-0.3, -0.25) is 0 Å². The molecule has 0 amide bonds. The number of nitrogen functional groups attached to an aromatic ring is 1. The van der Waals surface area contributed by atoms with E-state index in [0.29, 0.717) is 14.8 Å². The average Bonchev–Trinajstić information content (AvgIpc) is 2.63. The minimum absolute atomic E-state index is 0.181. The van der Waals surface area contributed by atoms with Crippen LogP contribution in [-0.2, 0) is 6.18 Å². The molecule has 0 saturated heterocycles. The number of hydrogen-bond donors (Lipinski definition) is 1. The highest BCUT2D eigenvalue weighted by molar-refractivity contribution is 14.1. The van der Waals surface area contributed by atoms with Crippen LogP contribution in [0.25, 0.3) is 0 Å². The number of benzene rings is 1. The van der Waals surface area contributed by atoms with Crippen LogP contribution in [0, 0.1) is 10.5 Å². The fourth-order valence-corrected chi connectivity index (χ4v) is 2.27. The number of nitrogens with zero attached hydrogens (tertiary/aromatic N) is 3. The summed E-state index contributed by atoms with van der Waals surface area (Å²) in [5, 5.41) is 3.99. The van der Waals surface area contributed by atoms with Gasteiger partial charge in [-0.25, -0.2) is 9.66 Å². The summed E-state index contributed by atoms with van der Waals surface area (Å²) < 4.78 is 39.9. The number of nitrogens with two attached hydrogens (primary N) is 1. The Labute approximate surface area is 126 Å². The summed E-state index contributed by atoms with van der Waals surface area (Å²) in [6.45, 7) is 1.75. The molecule has 0 radical (unpaired) electrons. The minimum atomic E-state index is -4.38. The van der Waals surface area contributed by atoms with Crippen molar-refractivity contribution in [3.63, 3.8) is 0 Å². The second-order valence-corrected chi connectivity index (χ2v) is 5.35. The molecule has 2 aromatic rings. The molecular weight excluding hydrogens is 384 g/mol. The van der Waals surface area contributed by atoms with E-state index < -0.39 is 11.7 Å². The highest BCUT2D eigenvalue weighted by Crippen LogP contribution is 2.30. The molecule has 4 nitrogen and oxygen atoms in total. The number of hydrogen-bond acceptors (Lipinski definition) is 3. The molecule has 106 valence electrons. The van der Waals surface area contributed by atoms with E-state index in [1.807, 2.05) is 22.6 Å². The van der Waals surface area contributed by atoms with Gasteiger partial charge in [0.15, 0.2) is 0 Å². The Bertz CT molecular complexity index is 661. The van der Waals surface area contributed by atoms with Gasteiger partial charge < -0.3 is 5.73 Å². The van der Waals surface area contributed by atoms with Gasteiger partial charge in [0.1, 0.15) is 0 Å². The maximum Gasteiger partial charge on any atom is 0.416 e. The number of imidazole rings is 1. The Hall–Kier alpha value is -1.58. The van der Waals surface area contributed by atoms with Crippen molar-refractivity contribution >= 4 is 34.8 Å². The Morgan fingerprint density at radius 3 is 2.60 bits per heavy atom. The minimum Gasteiger partial charge on any atom is -0.368 e. The molecule has 2 N–H and O–H groups in total. The number of alkyl halides is 3. The van der Waals surface area contributed by atoms with Gasteiger partial charge in [0.05, 0.1) is 23.7 Å². The third-order valence-corrected chi connectivity index (χ3v) is 3.04. The standard InChI is InChI=1S/C12H10F3IN4/c1-7-6-20(11(17)19-7)18-5-8-2-9(12(13,14)15)4-10(16)3-8/h2-6H,1H3,(H2,17,19). The first kappa shape index (κ1) is 14.8. The molecule has 0 fully saturated rings. The number of anilines is 1. The summed E-state index contributed by atoms with van der Waals surface area (Å²) in [5.41, 5.74) is 5.90. The number of halogens is 4. The van der Waals surface area contributed by atoms with Crippen molar-refractivity contribution in [2.75, 3.05) is 5.73 Å². The molecule has 0 saturated carbocycles. The van der Waals surface area contributed by atoms with Crippen LogP contribution >= 0.6 is 22.6 Å². The van der Waals surface area contributed by atoms with Gasteiger partial charge in [-0.1, -0.05) is 0 Å². The third kappa shape index (κ3) is 3.50. The molecule has 8 heteroatoms. The number of aryl methyl sites for hydroxylation is 1. The zero-order chi connectivity index (χ0) is 14.9. The summed E-state index contributed by atoms with van der Waals surface area (Å²) in [4.78, 5) is 3.94. The lowest BCUT2D eigenvalue weighted by Crippen LogP contribution is -2.06. The van der Waals surface area contributed by atoms with Crippen LogP contribution in [0.4, 0.5) is 19.1 Å². The SMILES string of the molecule is Cc1cn(N=Cc2cc(I)cc(C(F)(F)F)c2)c(N)n1. The molecule has 0 aliphatic rings. The molecule has 0 aliphatic heterocycles. The molecule has 0 unspecified atom stereocenters. The fourth-order valence-electron chi connectivity index (χ4n) is 1.58. The maximum absolute atomic E-state index is 12.7. The topological polar surface area (TPSA) is 56.2 Å². The van der Waals surface area contributed by atoms with Crippen molar-refractivity contribution in [2.24, 2.45) is 5.10 Å². The summed E-state index contributed by atoms with van der Waals surface area (Å²) in [5.74, 6) is 0.181. The largest absolute Gasteiger partial charge is 0.416 e. The Kier molecular flexibility index (Phi) is 4.02. The van der Waals surface area contributed by atoms with Crippen molar-refractivity contribution in [3.05, 3.63) is 44.8 Å². The van der Waals surface area contributed by atoms with E-state index in [2.05, 4.69) is 10.1 Å². The van der Waals surface area contributed by atoms with Crippen LogP contribution in [0.2, 0.25) is 0 Å². The monoisotopic (exact) mass is 394 g/mol. The molecule has 1 aromatic carbocycles. The average molecular weight is 394 g/mol. The van der Waals surface area contributed by atoms with Crippen molar-refractivity contribution < 1.29 is 13.2 Å². The first-order chi connectivity index (χ1) is 9.25. The molecule has 0 atom stereocenters. The second kappa shape index (κ2) is 5.43. The molecule has 0 bridgehead atoms. The lowest BCUT2D eigenvalue weighted by atomic mass is 10.1. The molecule has 0 spiro atoms. The summed E-state index contributed by atoms with van der Waals surface area (Å²) >= 11 is 1.83. The van der Waals surface area contributed by atoms with Gasteiger partial charge in [-0.2, -0.15) is 18.3 Å². The molecule has 1 aromatic heterocycles. The van der Waals surface area contributed by atoms with E-state index in [1.54, 1.807) is 19.2 Å². The van der Waals surface area contributed by atoms with Crippen molar-refractivity contribution in [1.29, 1.82) is 0 Å². The van der Waals surface area contributed by atoms with Crippen LogP contribution in [0.3, 0.4) is 0 Å². The van der Waals surface area contributed by atoms with Crippen molar-refractivity contribution in [1.82, 2.24) is 9.66 Å². The molecule has 2 rings (SSSR count). The maximum atomic E-state index is 12.7. The first-order valence-electron chi connectivity index (χ1n) is 5.49. The van der Waals surface area contributed by atoms with Crippen molar-refractivity contribution in [3.8, 4) is 0 Å². The van der Waals surface area contributed by atoms with Crippen LogP contribution in [0.5, 0.6) is 0 Å². The predicted octanol–water partition coefficient (Wildman–Crippen LogP) is 3.28. The predicted molar refractivity (Wildman–Crippen MR) is 78.5 cm³/mol. The van der Waals surface area contributed by atoms with Crippen LogP contribution in [0.15, 0.2) is 29.5 Å². The Balaban J connectivity index is 2.34. The van der Waals surface area contributed by atoms with Crippen LogP contribution in [0.1, 0.15) is 16.8 Å². The van der Waals surface area contributed by atoms with E-state index in [0.717, 1.165) is 12.1 Å². The summed E-state index contributed by atoms with van der Waals surface area (Å²) in [6, 6.07) is 3.71. The smallest absolute Gasteiger partial charge is 0.368 e.